The number of hydrogen-bond acceptors (Lipinski definition) is 3. The Morgan fingerprint density at radius 2 is 1.76 bits per heavy atom. The fraction of sp³-hybridized carbons (Fsp3) is 0.312. The van der Waals surface area contributed by atoms with Crippen LogP contribution in [-0.2, 0) is 0 Å². The Hall–Kier alpha value is -1.78. The van der Waals surface area contributed by atoms with Crippen molar-refractivity contribution in [2.24, 2.45) is 0 Å². The summed E-state index contributed by atoms with van der Waals surface area (Å²) in [5, 5.41) is 0.218. The van der Waals surface area contributed by atoms with Crippen LogP contribution in [0.1, 0.15) is 0 Å². The predicted molar refractivity (Wildman–Crippen MR) is 87.2 cm³/mol. The molecule has 1 fully saturated rings. The highest BCUT2D eigenvalue weighted by Crippen LogP contribution is 2.29. The van der Waals surface area contributed by atoms with E-state index in [9.17, 15) is 4.79 Å². The lowest BCUT2D eigenvalue weighted by Gasteiger charge is -2.35. The van der Waals surface area contributed by atoms with Gasteiger partial charge in [0.15, 0.2) is 0 Å². The van der Waals surface area contributed by atoms with Crippen LogP contribution in [0.2, 0.25) is 5.02 Å². The Morgan fingerprint density at radius 3 is 2.48 bits per heavy atom. The Morgan fingerprint density at radius 1 is 1.05 bits per heavy atom. The van der Waals surface area contributed by atoms with E-state index in [0.717, 1.165) is 43.1 Å². The molecule has 21 heavy (non-hydrogen) atoms. The van der Waals surface area contributed by atoms with Crippen LogP contribution in [0.3, 0.4) is 0 Å². The Labute approximate surface area is 129 Å². The molecule has 0 radical (unpaired) electrons. The van der Waals surface area contributed by atoms with Crippen molar-refractivity contribution >= 4 is 17.3 Å². The summed E-state index contributed by atoms with van der Waals surface area (Å²) in [7, 11) is 2.14. The quantitative estimate of drug-likeness (QED) is 0.926. The summed E-state index contributed by atoms with van der Waals surface area (Å²) in [6.45, 7) is 4.08. The average molecular weight is 304 g/mol. The van der Waals surface area contributed by atoms with E-state index in [4.69, 9.17) is 11.6 Å². The summed E-state index contributed by atoms with van der Waals surface area (Å²) in [6, 6.07) is 11.7. The molecule has 0 saturated carbocycles. The average Bonchev–Trinajstić information content (AvgIpc) is 2.51. The molecule has 0 aliphatic carbocycles. The van der Waals surface area contributed by atoms with Gasteiger partial charge in [-0.2, -0.15) is 0 Å². The second-order valence-corrected chi connectivity index (χ2v) is 5.76. The minimum absolute atomic E-state index is 0.218. The number of rotatable bonds is 2. The van der Waals surface area contributed by atoms with Crippen LogP contribution in [0.15, 0.2) is 41.2 Å². The molecule has 0 amide bonds. The van der Waals surface area contributed by atoms with E-state index < -0.39 is 0 Å². The Balaban J connectivity index is 1.99. The van der Waals surface area contributed by atoms with E-state index in [1.807, 2.05) is 24.3 Å². The zero-order chi connectivity index (χ0) is 14.8. The highest BCUT2D eigenvalue weighted by Gasteiger charge is 2.17. The summed E-state index contributed by atoms with van der Waals surface area (Å²) in [4.78, 5) is 19.3. The van der Waals surface area contributed by atoms with Crippen molar-refractivity contribution < 1.29 is 0 Å². The first kappa shape index (κ1) is 14.2. The molecule has 2 heterocycles. The van der Waals surface area contributed by atoms with Crippen molar-refractivity contribution in [1.29, 1.82) is 0 Å². The first-order valence-electron chi connectivity index (χ1n) is 7.07. The molecule has 1 aliphatic heterocycles. The number of hydrogen-bond donors (Lipinski definition) is 1. The molecule has 2 aromatic rings. The first-order chi connectivity index (χ1) is 10.1. The molecule has 0 spiro atoms. The Bertz CT molecular complexity index is 690. The summed E-state index contributed by atoms with van der Waals surface area (Å²) < 4.78 is 0. The minimum atomic E-state index is -0.248. The third-order valence-corrected chi connectivity index (χ3v) is 4.20. The van der Waals surface area contributed by atoms with Gasteiger partial charge in [0.05, 0.1) is 5.69 Å². The van der Waals surface area contributed by atoms with Crippen LogP contribution in [0.25, 0.3) is 11.3 Å². The third-order valence-electron chi connectivity index (χ3n) is 3.90. The monoisotopic (exact) mass is 303 g/mol. The van der Waals surface area contributed by atoms with Gasteiger partial charge in [-0.15, -0.1) is 0 Å². The maximum atomic E-state index is 11.7. The maximum absolute atomic E-state index is 11.7. The first-order valence-corrected chi connectivity index (χ1v) is 7.44. The summed E-state index contributed by atoms with van der Waals surface area (Å²) in [5.41, 5.74) is 2.75. The van der Waals surface area contributed by atoms with Crippen molar-refractivity contribution in [2.75, 3.05) is 38.1 Å². The van der Waals surface area contributed by atoms with Crippen molar-refractivity contribution in [3.8, 4) is 11.3 Å². The lowest BCUT2D eigenvalue weighted by Crippen LogP contribution is -2.44. The van der Waals surface area contributed by atoms with Gasteiger partial charge in [-0.25, -0.2) is 0 Å². The van der Waals surface area contributed by atoms with Crippen molar-refractivity contribution in [3.05, 3.63) is 51.8 Å². The Kier molecular flexibility index (Phi) is 3.99. The molecule has 4 nitrogen and oxygen atoms in total. The molecule has 110 valence electrons. The smallest absolute Gasteiger partial charge is 0.267 e. The van der Waals surface area contributed by atoms with Crippen molar-refractivity contribution in [2.45, 2.75) is 0 Å². The molecule has 3 rings (SSSR count). The summed E-state index contributed by atoms with van der Waals surface area (Å²) in [6.07, 6.45) is 0. The van der Waals surface area contributed by atoms with Crippen LogP contribution >= 0.6 is 11.6 Å². The topological polar surface area (TPSA) is 39.3 Å². The summed E-state index contributed by atoms with van der Waals surface area (Å²) in [5.74, 6) is 0. The number of pyridine rings is 1. The van der Waals surface area contributed by atoms with E-state index in [0.29, 0.717) is 0 Å². The molecule has 1 saturated heterocycles. The van der Waals surface area contributed by atoms with E-state index in [1.54, 1.807) is 6.07 Å². The van der Waals surface area contributed by atoms with Crippen LogP contribution in [-0.4, -0.2) is 43.1 Å². The second kappa shape index (κ2) is 5.92. The third kappa shape index (κ3) is 2.96. The van der Waals surface area contributed by atoms with Gasteiger partial charge >= 0.3 is 0 Å². The molecular weight excluding hydrogens is 286 g/mol. The molecule has 1 aromatic carbocycles. The zero-order valence-corrected chi connectivity index (χ0v) is 12.7. The summed E-state index contributed by atoms with van der Waals surface area (Å²) >= 11 is 5.81. The van der Waals surface area contributed by atoms with E-state index >= 15 is 0 Å². The number of likely N-dealkylation sites (N-methyl/N-ethyl adjacent to an activating group) is 1. The van der Waals surface area contributed by atoms with Gasteiger partial charge in [0.1, 0.15) is 5.02 Å². The standard InChI is InChI=1S/C16H18ClN3O/c1-19-8-10-20(11-9-19)15-5-3-2-4-12(15)14-7-6-13(17)16(21)18-14/h2-7H,8-11H2,1H3,(H,18,21). The van der Waals surface area contributed by atoms with Gasteiger partial charge in [0.25, 0.3) is 5.56 Å². The van der Waals surface area contributed by atoms with Crippen LogP contribution in [0, 0.1) is 0 Å². The van der Waals surface area contributed by atoms with E-state index in [2.05, 4.69) is 27.9 Å². The minimum Gasteiger partial charge on any atom is -0.368 e. The maximum Gasteiger partial charge on any atom is 0.267 e. The fourth-order valence-corrected chi connectivity index (χ4v) is 2.75. The van der Waals surface area contributed by atoms with Crippen LogP contribution in [0.5, 0.6) is 0 Å². The van der Waals surface area contributed by atoms with Gasteiger partial charge in [-0.1, -0.05) is 29.8 Å². The molecule has 0 atom stereocenters. The molecular formula is C16H18ClN3O. The number of aromatic nitrogens is 1. The SMILES string of the molecule is CN1CCN(c2ccccc2-c2ccc(Cl)c(=O)[nH]2)CC1. The number of nitrogens with zero attached hydrogens (tertiary/aromatic N) is 2. The normalized spacial score (nSPS) is 16.2. The molecule has 1 N–H and O–H groups in total. The number of benzene rings is 1. The molecule has 0 unspecified atom stereocenters. The number of halogens is 1. The number of nitrogens with one attached hydrogen (secondary N) is 1. The molecule has 1 aliphatic rings. The molecule has 0 bridgehead atoms. The lowest BCUT2D eigenvalue weighted by atomic mass is 10.1. The highest BCUT2D eigenvalue weighted by atomic mass is 35.5. The molecule has 5 heteroatoms. The van der Waals surface area contributed by atoms with Crippen molar-refractivity contribution in [3.63, 3.8) is 0 Å². The number of piperazine rings is 1. The van der Waals surface area contributed by atoms with Gasteiger partial charge < -0.3 is 14.8 Å². The van der Waals surface area contributed by atoms with Crippen LogP contribution in [0.4, 0.5) is 5.69 Å². The van der Waals surface area contributed by atoms with Crippen molar-refractivity contribution in [1.82, 2.24) is 9.88 Å². The van der Waals surface area contributed by atoms with Gasteiger partial charge in [-0.3, -0.25) is 4.79 Å². The van der Waals surface area contributed by atoms with E-state index in [-0.39, 0.29) is 10.6 Å². The number of anilines is 1. The van der Waals surface area contributed by atoms with Gasteiger partial charge in [0.2, 0.25) is 0 Å². The number of para-hydroxylation sites is 1. The lowest BCUT2D eigenvalue weighted by molar-refractivity contribution is 0.313. The largest absolute Gasteiger partial charge is 0.368 e. The van der Waals surface area contributed by atoms with Gasteiger partial charge in [0, 0.05) is 37.4 Å². The molecule has 1 aromatic heterocycles. The second-order valence-electron chi connectivity index (χ2n) is 5.36. The zero-order valence-electron chi connectivity index (χ0n) is 12.0. The predicted octanol–water partition coefficient (Wildman–Crippen LogP) is 2.45. The van der Waals surface area contributed by atoms with E-state index in [1.165, 1.54) is 0 Å². The number of aromatic amines is 1. The number of H-pyrrole nitrogens is 1. The van der Waals surface area contributed by atoms with Crippen LogP contribution < -0.4 is 10.5 Å². The highest BCUT2D eigenvalue weighted by molar-refractivity contribution is 6.30. The fourth-order valence-electron chi connectivity index (χ4n) is 2.64. The van der Waals surface area contributed by atoms with Gasteiger partial charge in [-0.05, 0) is 25.2 Å².